The fraction of sp³-hybridized carbons (Fsp3) is 0.452. The van der Waals surface area contributed by atoms with Crippen LogP contribution >= 0.6 is 0 Å². The van der Waals surface area contributed by atoms with E-state index in [-0.39, 0.29) is 23.9 Å². The van der Waals surface area contributed by atoms with Crippen LogP contribution in [0.25, 0.3) is 10.9 Å². The monoisotopic (exact) mass is 595 g/mol. The Morgan fingerprint density at radius 3 is 2.40 bits per heavy atom. The van der Waals surface area contributed by atoms with Gasteiger partial charge in [-0.2, -0.15) is 0 Å². The molecule has 0 unspecified atom stereocenters. The molecular formula is C31H41N5O5S. The first kappa shape index (κ1) is 31.2. The summed E-state index contributed by atoms with van der Waals surface area (Å²) in [5.74, 6) is -0.287. The van der Waals surface area contributed by atoms with E-state index >= 15 is 0 Å². The topological polar surface area (TPSA) is 121 Å². The molecule has 226 valence electrons. The van der Waals surface area contributed by atoms with E-state index in [0.717, 1.165) is 30.6 Å². The first-order chi connectivity index (χ1) is 19.9. The lowest BCUT2D eigenvalue weighted by Gasteiger charge is -2.28. The Morgan fingerprint density at radius 2 is 1.71 bits per heavy atom. The number of likely N-dealkylation sites (tertiary alicyclic amines) is 1. The molecule has 0 aliphatic carbocycles. The molecule has 1 saturated heterocycles. The fourth-order valence-corrected chi connectivity index (χ4v) is 5.82. The average Bonchev–Trinajstić information content (AvgIpc) is 2.93. The summed E-state index contributed by atoms with van der Waals surface area (Å²) in [5, 5.41) is 3.64. The number of pyridine rings is 1. The van der Waals surface area contributed by atoms with Gasteiger partial charge in [0.05, 0.1) is 28.3 Å². The van der Waals surface area contributed by atoms with Crippen LogP contribution in [0.2, 0.25) is 0 Å². The van der Waals surface area contributed by atoms with Gasteiger partial charge in [-0.3, -0.25) is 14.4 Å². The highest BCUT2D eigenvalue weighted by Crippen LogP contribution is 2.25. The minimum absolute atomic E-state index is 0.00342. The molecule has 0 spiro atoms. The predicted octanol–water partition coefficient (Wildman–Crippen LogP) is 4.68. The van der Waals surface area contributed by atoms with Crippen LogP contribution in [0.3, 0.4) is 0 Å². The summed E-state index contributed by atoms with van der Waals surface area (Å²) in [6.45, 7) is 10.3. The standard InChI is InChI=1S/C31H41N5O5S/c1-23-11-15-26(16-12-23)42(39,40)34-27-10-8-9-24-13-14-25(33-29(24)27)21-36(30(38)41-31(2,3)4)22-28(37)32-17-20-35-18-6-5-7-19-35/h8-16,34H,5-7,17-22H2,1-4H3,(H,32,37). The number of sulfonamides is 1. The number of benzene rings is 2. The zero-order valence-electron chi connectivity index (χ0n) is 24.9. The Morgan fingerprint density at radius 1 is 1.00 bits per heavy atom. The summed E-state index contributed by atoms with van der Waals surface area (Å²) in [6, 6.07) is 15.4. The van der Waals surface area contributed by atoms with Crippen LogP contribution in [-0.2, 0) is 26.1 Å². The molecule has 1 fully saturated rings. The predicted molar refractivity (Wildman–Crippen MR) is 164 cm³/mol. The van der Waals surface area contributed by atoms with Crippen molar-refractivity contribution in [2.24, 2.45) is 0 Å². The summed E-state index contributed by atoms with van der Waals surface area (Å²) in [4.78, 5) is 34.5. The number of nitrogens with zero attached hydrogens (tertiary/aromatic N) is 3. The number of amides is 2. The normalized spacial score (nSPS) is 14.4. The van der Waals surface area contributed by atoms with Crippen molar-refractivity contribution < 1.29 is 22.7 Å². The van der Waals surface area contributed by atoms with Crippen LogP contribution in [0.5, 0.6) is 0 Å². The van der Waals surface area contributed by atoms with Crippen molar-refractivity contribution in [2.45, 2.75) is 64.0 Å². The van der Waals surface area contributed by atoms with Gasteiger partial charge in [0.1, 0.15) is 12.1 Å². The molecule has 3 aromatic rings. The molecule has 1 aliphatic rings. The number of para-hydroxylation sites is 1. The second-order valence-corrected chi connectivity index (χ2v) is 13.4. The van der Waals surface area contributed by atoms with Gasteiger partial charge in [-0.25, -0.2) is 18.2 Å². The number of nitrogens with one attached hydrogen (secondary N) is 2. The quantitative estimate of drug-likeness (QED) is 0.349. The minimum Gasteiger partial charge on any atom is -0.444 e. The second-order valence-electron chi connectivity index (χ2n) is 11.7. The third-order valence-corrected chi connectivity index (χ3v) is 8.27. The zero-order valence-corrected chi connectivity index (χ0v) is 25.7. The number of hydrogen-bond acceptors (Lipinski definition) is 7. The average molecular weight is 596 g/mol. The van der Waals surface area contributed by atoms with Gasteiger partial charge in [-0.05, 0) is 77.9 Å². The molecule has 2 aromatic carbocycles. The first-order valence-corrected chi connectivity index (χ1v) is 15.8. The molecular weight excluding hydrogens is 554 g/mol. The molecule has 2 amide bonds. The van der Waals surface area contributed by atoms with Crippen molar-refractivity contribution in [1.82, 2.24) is 20.1 Å². The summed E-state index contributed by atoms with van der Waals surface area (Å²) in [5.41, 5.74) is 1.43. The lowest BCUT2D eigenvalue weighted by atomic mass is 10.1. The van der Waals surface area contributed by atoms with Crippen molar-refractivity contribution in [3.8, 4) is 0 Å². The number of piperidine rings is 1. The van der Waals surface area contributed by atoms with Gasteiger partial charge in [0.25, 0.3) is 10.0 Å². The van der Waals surface area contributed by atoms with Gasteiger partial charge < -0.3 is 15.0 Å². The molecule has 0 radical (unpaired) electrons. The molecule has 0 bridgehead atoms. The van der Waals surface area contributed by atoms with E-state index < -0.39 is 21.7 Å². The largest absolute Gasteiger partial charge is 0.444 e. The summed E-state index contributed by atoms with van der Waals surface area (Å²) < 4.78 is 34.4. The maximum atomic E-state index is 13.1. The summed E-state index contributed by atoms with van der Waals surface area (Å²) in [7, 11) is -3.86. The third kappa shape index (κ3) is 8.90. The fourth-order valence-electron chi connectivity index (χ4n) is 4.75. The number of carbonyl (C=O) groups excluding carboxylic acids is 2. The number of carbonyl (C=O) groups is 2. The number of fused-ring (bicyclic) bond motifs is 1. The first-order valence-electron chi connectivity index (χ1n) is 14.3. The van der Waals surface area contributed by atoms with E-state index in [2.05, 4.69) is 14.9 Å². The number of anilines is 1. The van der Waals surface area contributed by atoms with Crippen LogP contribution < -0.4 is 10.0 Å². The lowest BCUT2D eigenvalue weighted by Crippen LogP contribution is -2.44. The maximum Gasteiger partial charge on any atom is 0.411 e. The van der Waals surface area contributed by atoms with E-state index in [0.29, 0.717) is 23.4 Å². The van der Waals surface area contributed by atoms with Crippen LogP contribution in [0.15, 0.2) is 59.5 Å². The Kier molecular flexibility index (Phi) is 10.1. The van der Waals surface area contributed by atoms with E-state index in [1.54, 1.807) is 63.2 Å². The summed E-state index contributed by atoms with van der Waals surface area (Å²) >= 11 is 0. The van der Waals surface area contributed by atoms with Crippen LogP contribution in [0, 0.1) is 6.92 Å². The zero-order chi connectivity index (χ0) is 30.3. The number of rotatable bonds is 10. The number of aryl methyl sites for hydroxylation is 1. The maximum absolute atomic E-state index is 13.1. The highest BCUT2D eigenvalue weighted by Gasteiger charge is 2.25. The van der Waals surface area contributed by atoms with Crippen LogP contribution in [-0.4, -0.2) is 73.5 Å². The van der Waals surface area contributed by atoms with Gasteiger partial charge in [0, 0.05) is 18.5 Å². The van der Waals surface area contributed by atoms with Crippen molar-refractivity contribution in [3.63, 3.8) is 0 Å². The van der Waals surface area contributed by atoms with Gasteiger partial charge in [0.2, 0.25) is 5.91 Å². The molecule has 2 heterocycles. The van der Waals surface area contributed by atoms with Gasteiger partial charge >= 0.3 is 6.09 Å². The molecule has 1 aliphatic heterocycles. The van der Waals surface area contributed by atoms with E-state index in [1.165, 1.54) is 24.2 Å². The molecule has 10 nitrogen and oxygen atoms in total. The number of hydrogen-bond donors (Lipinski definition) is 2. The number of ether oxygens (including phenoxy) is 1. The van der Waals surface area contributed by atoms with Crippen LogP contribution in [0.1, 0.15) is 51.3 Å². The molecule has 1 aromatic heterocycles. The SMILES string of the molecule is Cc1ccc(S(=O)(=O)Nc2cccc3ccc(CN(CC(=O)NCCN4CCCCC4)C(=O)OC(C)(C)C)nc23)cc1. The Balaban J connectivity index is 1.51. The van der Waals surface area contributed by atoms with Crippen molar-refractivity contribution >= 4 is 38.6 Å². The van der Waals surface area contributed by atoms with Gasteiger partial charge in [-0.15, -0.1) is 0 Å². The molecule has 42 heavy (non-hydrogen) atoms. The molecule has 2 N–H and O–H groups in total. The van der Waals surface area contributed by atoms with E-state index in [1.807, 2.05) is 19.1 Å². The second kappa shape index (κ2) is 13.5. The van der Waals surface area contributed by atoms with Gasteiger partial charge in [-0.1, -0.05) is 42.3 Å². The summed E-state index contributed by atoms with van der Waals surface area (Å²) in [6.07, 6.45) is 2.96. The minimum atomic E-state index is -3.86. The Labute approximate surface area is 248 Å². The van der Waals surface area contributed by atoms with Crippen LogP contribution in [0.4, 0.5) is 10.5 Å². The molecule has 0 saturated carbocycles. The van der Waals surface area contributed by atoms with Crippen molar-refractivity contribution in [1.29, 1.82) is 0 Å². The van der Waals surface area contributed by atoms with Crippen molar-refractivity contribution in [2.75, 3.05) is 37.4 Å². The molecule has 11 heteroatoms. The highest BCUT2D eigenvalue weighted by molar-refractivity contribution is 7.92. The number of aromatic nitrogens is 1. The van der Waals surface area contributed by atoms with E-state index in [4.69, 9.17) is 9.72 Å². The highest BCUT2D eigenvalue weighted by atomic mass is 32.2. The van der Waals surface area contributed by atoms with E-state index in [9.17, 15) is 18.0 Å². The Bertz CT molecular complexity index is 1500. The van der Waals surface area contributed by atoms with Gasteiger partial charge in [0.15, 0.2) is 0 Å². The van der Waals surface area contributed by atoms with Crippen molar-refractivity contribution in [3.05, 3.63) is 65.9 Å². The molecule has 0 atom stereocenters. The Hall–Kier alpha value is -3.70. The third-order valence-electron chi connectivity index (χ3n) is 6.89. The smallest absolute Gasteiger partial charge is 0.411 e. The molecule has 4 rings (SSSR count). The lowest BCUT2D eigenvalue weighted by molar-refractivity contribution is -0.122.